The highest BCUT2D eigenvalue weighted by molar-refractivity contribution is 7.15. The Morgan fingerprint density at radius 3 is 2.93 bits per heavy atom. The van der Waals surface area contributed by atoms with Crippen LogP contribution in [0.3, 0.4) is 0 Å². The van der Waals surface area contributed by atoms with Crippen LogP contribution >= 0.6 is 11.3 Å². The molecule has 0 saturated heterocycles. The van der Waals surface area contributed by atoms with Gasteiger partial charge < -0.3 is 15.1 Å². The van der Waals surface area contributed by atoms with Gasteiger partial charge >= 0.3 is 6.03 Å². The van der Waals surface area contributed by atoms with Crippen LogP contribution in [0, 0.1) is 0 Å². The Hall–Kier alpha value is -2.88. The average molecular weight is 387 g/mol. The number of carbonyl (C=O) groups excluding carboxylic acids is 2. The van der Waals surface area contributed by atoms with Crippen LogP contribution in [0.4, 0.5) is 4.79 Å². The van der Waals surface area contributed by atoms with Crippen molar-refractivity contribution < 1.29 is 9.59 Å². The molecule has 0 saturated carbocycles. The maximum Gasteiger partial charge on any atom is 0.319 e. The highest BCUT2D eigenvalue weighted by Crippen LogP contribution is 2.15. The number of urea groups is 1. The molecule has 0 bridgehead atoms. The minimum atomic E-state index is -0.0869. The molecule has 27 heavy (non-hydrogen) atoms. The second-order valence-corrected chi connectivity index (χ2v) is 7.60. The Morgan fingerprint density at radius 1 is 1.30 bits per heavy atom. The van der Waals surface area contributed by atoms with Gasteiger partial charge in [0.1, 0.15) is 0 Å². The summed E-state index contributed by atoms with van der Waals surface area (Å²) in [7, 11) is 3.50. The number of nitrogens with one attached hydrogen (secondary N) is 1. The van der Waals surface area contributed by atoms with E-state index < -0.39 is 0 Å². The van der Waals surface area contributed by atoms with E-state index >= 15 is 0 Å². The average Bonchev–Trinajstić information content (AvgIpc) is 3.32. The van der Waals surface area contributed by atoms with Gasteiger partial charge in [0.2, 0.25) is 5.91 Å². The van der Waals surface area contributed by atoms with Crippen molar-refractivity contribution in [2.45, 2.75) is 26.1 Å². The number of rotatable bonds is 4. The summed E-state index contributed by atoms with van der Waals surface area (Å²) < 4.78 is 3.82. The summed E-state index contributed by atoms with van der Waals surface area (Å²) in [6.07, 6.45) is 4.04. The maximum atomic E-state index is 12.2. The molecule has 4 rings (SSSR count). The van der Waals surface area contributed by atoms with E-state index in [1.807, 2.05) is 32.9 Å². The van der Waals surface area contributed by atoms with Crippen molar-refractivity contribution in [3.8, 4) is 0 Å². The van der Waals surface area contributed by atoms with Gasteiger partial charge in [-0.25, -0.2) is 9.78 Å². The van der Waals surface area contributed by atoms with Crippen molar-refractivity contribution >= 4 is 28.2 Å². The molecule has 1 aliphatic heterocycles. The highest BCUT2D eigenvalue weighted by atomic mass is 32.1. The van der Waals surface area contributed by atoms with Crippen LogP contribution in [-0.2, 0) is 30.8 Å². The zero-order chi connectivity index (χ0) is 19.0. The molecule has 0 aliphatic carbocycles. The summed E-state index contributed by atoms with van der Waals surface area (Å²) in [4.78, 5) is 33.0. The molecule has 4 heterocycles. The lowest BCUT2D eigenvalue weighted by Gasteiger charge is -2.29. The maximum absolute atomic E-state index is 12.2. The van der Waals surface area contributed by atoms with Gasteiger partial charge in [-0.15, -0.1) is 11.3 Å². The molecule has 3 aromatic heterocycles. The molecule has 9 nitrogen and oxygen atoms in total. The van der Waals surface area contributed by atoms with E-state index in [1.165, 1.54) is 0 Å². The lowest BCUT2D eigenvalue weighted by atomic mass is 10.2. The van der Waals surface area contributed by atoms with Crippen molar-refractivity contribution in [2.24, 2.45) is 0 Å². The van der Waals surface area contributed by atoms with E-state index in [0.29, 0.717) is 26.2 Å². The summed E-state index contributed by atoms with van der Waals surface area (Å²) in [5, 5.41) is 9.38. The molecule has 3 amide bonds. The van der Waals surface area contributed by atoms with Crippen molar-refractivity contribution in [2.75, 3.05) is 20.6 Å². The van der Waals surface area contributed by atoms with Gasteiger partial charge in [-0.1, -0.05) is 0 Å². The standard InChI is InChI=1S/C17H21N7O2S/c1-21(2)17(26)23-3-4-24-14(11-23)7-12(20-24)9-18-15(25)8-13-10-22-5-6-27-16(22)19-13/h5-7,10H,3-4,8-9,11H2,1-2H3,(H,18,25). The topological polar surface area (TPSA) is 87.8 Å². The number of hydrogen-bond acceptors (Lipinski definition) is 5. The molecular weight excluding hydrogens is 366 g/mol. The first kappa shape index (κ1) is 17.5. The minimum absolute atomic E-state index is 0.00252. The third kappa shape index (κ3) is 3.65. The summed E-state index contributed by atoms with van der Waals surface area (Å²) in [6, 6.07) is 1.94. The number of nitrogens with zero attached hydrogens (tertiary/aromatic N) is 6. The predicted molar refractivity (Wildman–Crippen MR) is 100 cm³/mol. The third-order valence-corrected chi connectivity index (χ3v) is 5.22. The van der Waals surface area contributed by atoms with E-state index in [0.717, 1.165) is 22.0 Å². The van der Waals surface area contributed by atoms with Crippen molar-refractivity contribution in [3.05, 3.63) is 40.9 Å². The molecule has 10 heteroatoms. The SMILES string of the molecule is CN(C)C(=O)N1CCn2nc(CNC(=O)Cc3cn4ccsc4n3)cc2C1. The molecule has 0 fully saturated rings. The third-order valence-electron chi connectivity index (χ3n) is 4.45. The van der Waals surface area contributed by atoms with Crippen molar-refractivity contribution in [1.29, 1.82) is 0 Å². The normalized spacial score (nSPS) is 13.6. The molecule has 0 spiro atoms. The minimum Gasteiger partial charge on any atom is -0.350 e. The van der Waals surface area contributed by atoms with Crippen LogP contribution in [0.25, 0.3) is 4.96 Å². The fraction of sp³-hybridized carbons (Fsp3) is 0.412. The number of carbonyl (C=O) groups is 2. The smallest absolute Gasteiger partial charge is 0.319 e. The van der Waals surface area contributed by atoms with Gasteiger partial charge in [-0.05, 0) is 6.07 Å². The van der Waals surface area contributed by atoms with Crippen molar-refractivity contribution in [1.82, 2.24) is 34.3 Å². The van der Waals surface area contributed by atoms with Gasteiger partial charge in [-0.2, -0.15) is 5.10 Å². The van der Waals surface area contributed by atoms with Gasteiger partial charge in [0, 0.05) is 38.4 Å². The first-order valence-corrected chi connectivity index (χ1v) is 9.57. The van der Waals surface area contributed by atoms with Crippen LogP contribution in [-0.4, -0.2) is 61.5 Å². The van der Waals surface area contributed by atoms with Crippen LogP contribution < -0.4 is 5.32 Å². The zero-order valence-electron chi connectivity index (χ0n) is 15.3. The number of aromatic nitrogens is 4. The number of amides is 3. The fourth-order valence-electron chi connectivity index (χ4n) is 3.14. The molecule has 1 N–H and O–H groups in total. The van der Waals surface area contributed by atoms with E-state index in [9.17, 15) is 9.59 Å². The quantitative estimate of drug-likeness (QED) is 0.722. The Bertz CT molecular complexity index is 958. The molecule has 3 aromatic rings. The van der Waals surface area contributed by atoms with Gasteiger partial charge in [-0.3, -0.25) is 13.9 Å². The van der Waals surface area contributed by atoms with E-state index in [1.54, 1.807) is 35.2 Å². The Kier molecular flexibility index (Phi) is 4.56. The first-order valence-electron chi connectivity index (χ1n) is 8.69. The Morgan fingerprint density at radius 2 is 2.15 bits per heavy atom. The number of fused-ring (bicyclic) bond motifs is 2. The van der Waals surface area contributed by atoms with Crippen LogP contribution in [0.1, 0.15) is 17.1 Å². The number of thiazole rings is 1. The van der Waals surface area contributed by atoms with Crippen LogP contribution in [0.5, 0.6) is 0 Å². The van der Waals surface area contributed by atoms with Crippen LogP contribution in [0.15, 0.2) is 23.8 Å². The number of imidazole rings is 1. The fourth-order valence-corrected chi connectivity index (χ4v) is 3.85. The summed E-state index contributed by atoms with van der Waals surface area (Å²) >= 11 is 1.54. The molecule has 0 atom stereocenters. The monoisotopic (exact) mass is 387 g/mol. The molecule has 1 aliphatic rings. The number of hydrogen-bond donors (Lipinski definition) is 1. The van der Waals surface area contributed by atoms with Gasteiger partial charge in [0.15, 0.2) is 4.96 Å². The second-order valence-electron chi connectivity index (χ2n) is 6.73. The lowest BCUT2D eigenvalue weighted by molar-refractivity contribution is -0.120. The second kappa shape index (κ2) is 7.03. The lowest BCUT2D eigenvalue weighted by Crippen LogP contribution is -2.43. The zero-order valence-corrected chi connectivity index (χ0v) is 16.1. The highest BCUT2D eigenvalue weighted by Gasteiger charge is 2.23. The van der Waals surface area contributed by atoms with Crippen molar-refractivity contribution in [3.63, 3.8) is 0 Å². The van der Waals surface area contributed by atoms with Gasteiger partial charge in [0.05, 0.1) is 43.1 Å². The Balaban J connectivity index is 1.33. The summed E-state index contributed by atoms with van der Waals surface area (Å²) in [5.74, 6) is -0.0869. The molecule has 0 unspecified atom stereocenters. The molecule has 142 valence electrons. The van der Waals surface area contributed by atoms with E-state index in [4.69, 9.17) is 0 Å². The van der Waals surface area contributed by atoms with E-state index in [-0.39, 0.29) is 18.4 Å². The van der Waals surface area contributed by atoms with Crippen LogP contribution in [0.2, 0.25) is 0 Å². The predicted octanol–water partition coefficient (Wildman–Crippen LogP) is 0.948. The first-order chi connectivity index (χ1) is 13.0. The van der Waals surface area contributed by atoms with Gasteiger partial charge in [0.25, 0.3) is 0 Å². The van der Waals surface area contributed by atoms with E-state index in [2.05, 4.69) is 15.4 Å². The molecule has 0 aromatic carbocycles. The summed E-state index contributed by atoms with van der Waals surface area (Å²) in [6.45, 7) is 2.19. The largest absolute Gasteiger partial charge is 0.350 e. The Labute approximate surface area is 160 Å². The molecular formula is C17H21N7O2S. The summed E-state index contributed by atoms with van der Waals surface area (Å²) in [5.41, 5.74) is 2.53. The molecule has 0 radical (unpaired) electrons.